The summed E-state index contributed by atoms with van der Waals surface area (Å²) in [6.45, 7) is 0.484. The summed E-state index contributed by atoms with van der Waals surface area (Å²) in [5, 5.41) is 6.75. The van der Waals surface area contributed by atoms with E-state index in [2.05, 4.69) is 41.8 Å². The van der Waals surface area contributed by atoms with Gasteiger partial charge in [0.25, 0.3) is 0 Å². The number of imidazole rings is 1. The highest BCUT2D eigenvalue weighted by Gasteiger charge is 2.45. The SMILES string of the molecule is O=C(Nc1cc(NCc2cn3cc(C4CC4)cnc3n2)ncn1)C1CC1c1cc(Cl)ccn1. The van der Waals surface area contributed by atoms with Gasteiger partial charge in [0.05, 0.1) is 12.2 Å². The predicted octanol–water partition coefficient (Wildman–Crippen LogP) is 3.80. The van der Waals surface area contributed by atoms with Gasteiger partial charge in [-0.15, -0.1) is 0 Å². The molecule has 0 saturated heterocycles. The molecule has 9 nitrogen and oxygen atoms in total. The van der Waals surface area contributed by atoms with E-state index in [1.165, 1.54) is 24.7 Å². The van der Waals surface area contributed by atoms with Crippen LogP contribution in [0.5, 0.6) is 0 Å². The van der Waals surface area contributed by atoms with Crippen molar-refractivity contribution >= 4 is 34.9 Å². The van der Waals surface area contributed by atoms with E-state index in [0.29, 0.717) is 34.9 Å². The first kappa shape index (κ1) is 20.0. The van der Waals surface area contributed by atoms with Gasteiger partial charge in [-0.25, -0.2) is 19.9 Å². The molecule has 10 heteroatoms. The van der Waals surface area contributed by atoms with Gasteiger partial charge in [-0.1, -0.05) is 11.6 Å². The zero-order valence-electron chi connectivity index (χ0n) is 17.6. The third-order valence-electron chi connectivity index (χ3n) is 6.05. The summed E-state index contributed by atoms with van der Waals surface area (Å²) in [5.74, 6) is 2.26. The van der Waals surface area contributed by atoms with Crippen LogP contribution in [0.1, 0.15) is 48.0 Å². The van der Waals surface area contributed by atoms with Crippen LogP contribution in [-0.4, -0.2) is 35.2 Å². The first-order valence-electron chi connectivity index (χ1n) is 10.9. The molecular weight excluding hydrogens is 440 g/mol. The summed E-state index contributed by atoms with van der Waals surface area (Å²) in [4.78, 5) is 34.4. The molecule has 0 bridgehead atoms. The van der Waals surface area contributed by atoms with E-state index >= 15 is 0 Å². The van der Waals surface area contributed by atoms with Gasteiger partial charge in [0.2, 0.25) is 11.7 Å². The molecule has 0 radical (unpaired) electrons. The highest BCUT2D eigenvalue weighted by Crippen LogP contribution is 2.47. The maximum absolute atomic E-state index is 12.6. The van der Waals surface area contributed by atoms with Crippen molar-refractivity contribution in [3.63, 3.8) is 0 Å². The molecule has 166 valence electrons. The summed E-state index contributed by atoms with van der Waals surface area (Å²) >= 11 is 6.04. The third-order valence-corrected chi connectivity index (χ3v) is 6.28. The molecule has 0 aromatic carbocycles. The Bertz CT molecular complexity index is 1350. The van der Waals surface area contributed by atoms with Crippen LogP contribution in [0, 0.1) is 5.92 Å². The first-order valence-corrected chi connectivity index (χ1v) is 11.3. The van der Waals surface area contributed by atoms with Crippen LogP contribution in [0.15, 0.2) is 49.3 Å². The maximum Gasteiger partial charge on any atom is 0.233 e. The monoisotopic (exact) mass is 460 g/mol. The molecule has 2 N–H and O–H groups in total. The molecular formula is C23H21ClN8O. The molecule has 6 rings (SSSR count). The van der Waals surface area contributed by atoms with Crippen LogP contribution >= 0.6 is 11.6 Å². The van der Waals surface area contributed by atoms with E-state index < -0.39 is 0 Å². The van der Waals surface area contributed by atoms with Crippen molar-refractivity contribution in [3.05, 3.63) is 71.3 Å². The quantitative estimate of drug-likeness (QED) is 0.431. The molecule has 2 saturated carbocycles. The van der Waals surface area contributed by atoms with Crippen LogP contribution in [-0.2, 0) is 11.3 Å². The van der Waals surface area contributed by atoms with Crippen LogP contribution in [0.25, 0.3) is 5.78 Å². The number of aromatic nitrogens is 6. The molecule has 0 spiro atoms. The predicted molar refractivity (Wildman–Crippen MR) is 123 cm³/mol. The smallest absolute Gasteiger partial charge is 0.233 e. The van der Waals surface area contributed by atoms with E-state index in [9.17, 15) is 4.79 Å². The zero-order valence-corrected chi connectivity index (χ0v) is 18.4. The van der Waals surface area contributed by atoms with Gasteiger partial charge in [0, 0.05) is 53.4 Å². The molecule has 2 fully saturated rings. The van der Waals surface area contributed by atoms with Crippen LogP contribution < -0.4 is 10.6 Å². The lowest BCUT2D eigenvalue weighted by atomic mass is 10.2. The summed E-state index contributed by atoms with van der Waals surface area (Å²) in [7, 11) is 0. The number of carbonyl (C=O) groups is 1. The second-order valence-electron chi connectivity index (χ2n) is 8.58. The molecule has 4 aromatic heterocycles. The number of rotatable bonds is 7. The fourth-order valence-electron chi connectivity index (χ4n) is 4.02. The molecule has 0 aliphatic heterocycles. The largest absolute Gasteiger partial charge is 0.364 e. The standard InChI is InChI=1S/C23H21ClN8O/c24-15-3-4-25-19(5-15)17-6-18(17)22(33)31-21-7-20(28-12-29-21)26-9-16-11-32-10-14(13-1-2-13)8-27-23(32)30-16/h3-5,7-8,10-13,17-18H,1-2,6,9H2,(H2,26,28,29,31,33). The number of amides is 1. The minimum absolute atomic E-state index is 0.0793. The molecule has 2 unspecified atom stereocenters. The number of hydrogen-bond acceptors (Lipinski definition) is 7. The Morgan fingerprint density at radius 2 is 2.00 bits per heavy atom. The number of carbonyl (C=O) groups excluding carboxylic acids is 1. The Labute approximate surface area is 194 Å². The molecule has 4 heterocycles. The van der Waals surface area contributed by atoms with E-state index in [-0.39, 0.29) is 17.7 Å². The number of pyridine rings is 1. The van der Waals surface area contributed by atoms with Gasteiger partial charge in [0.1, 0.15) is 18.0 Å². The fraction of sp³-hybridized carbons (Fsp3) is 0.304. The lowest BCUT2D eigenvalue weighted by molar-refractivity contribution is -0.117. The Kier molecular flexibility index (Phi) is 4.91. The summed E-state index contributed by atoms with van der Waals surface area (Å²) in [6.07, 6.45) is 12.3. The minimum Gasteiger partial charge on any atom is -0.364 e. The number of fused-ring (bicyclic) bond motifs is 1. The van der Waals surface area contributed by atoms with Crippen molar-refractivity contribution in [2.75, 3.05) is 10.6 Å². The van der Waals surface area contributed by atoms with Gasteiger partial charge >= 0.3 is 0 Å². The third kappa shape index (κ3) is 4.36. The number of nitrogens with one attached hydrogen (secondary N) is 2. The van der Waals surface area contributed by atoms with E-state index in [0.717, 1.165) is 17.8 Å². The topological polar surface area (TPSA) is 110 Å². The number of nitrogens with zero attached hydrogens (tertiary/aromatic N) is 6. The average molecular weight is 461 g/mol. The lowest BCUT2D eigenvalue weighted by Crippen LogP contribution is -2.16. The minimum atomic E-state index is -0.131. The highest BCUT2D eigenvalue weighted by atomic mass is 35.5. The summed E-state index contributed by atoms with van der Waals surface area (Å²) in [5.41, 5.74) is 2.97. The highest BCUT2D eigenvalue weighted by molar-refractivity contribution is 6.30. The van der Waals surface area contributed by atoms with Crippen molar-refractivity contribution < 1.29 is 4.79 Å². The molecule has 1 amide bonds. The van der Waals surface area contributed by atoms with E-state index in [1.807, 2.05) is 22.9 Å². The van der Waals surface area contributed by atoms with Gasteiger partial charge in [-0.05, 0) is 42.9 Å². The molecule has 2 atom stereocenters. The second kappa shape index (κ2) is 8.08. The van der Waals surface area contributed by atoms with Gasteiger partial charge in [-0.3, -0.25) is 14.2 Å². The van der Waals surface area contributed by atoms with Crippen LogP contribution in [0.4, 0.5) is 11.6 Å². The van der Waals surface area contributed by atoms with Crippen molar-refractivity contribution in [3.8, 4) is 0 Å². The van der Waals surface area contributed by atoms with Crippen molar-refractivity contribution in [1.82, 2.24) is 29.3 Å². The summed E-state index contributed by atoms with van der Waals surface area (Å²) < 4.78 is 1.97. The Morgan fingerprint density at radius 1 is 1.12 bits per heavy atom. The molecule has 4 aromatic rings. The number of hydrogen-bond donors (Lipinski definition) is 2. The second-order valence-corrected chi connectivity index (χ2v) is 9.02. The van der Waals surface area contributed by atoms with Gasteiger partial charge < -0.3 is 10.6 Å². The van der Waals surface area contributed by atoms with Crippen molar-refractivity contribution in [2.45, 2.75) is 37.6 Å². The van der Waals surface area contributed by atoms with Crippen LogP contribution in [0.3, 0.4) is 0 Å². The van der Waals surface area contributed by atoms with Gasteiger partial charge in [-0.2, -0.15) is 0 Å². The van der Waals surface area contributed by atoms with E-state index in [1.54, 1.807) is 18.3 Å². The normalized spacial score (nSPS) is 19.4. The lowest BCUT2D eigenvalue weighted by Gasteiger charge is -2.07. The van der Waals surface area contributed by atoms with Gasteiger partial charge in [0.15, 0.2) is 0 Å². The average Bonchev–Trinajstić information content (AvgIpc) is 3.74. The molecule has 2 aliphatic rings. The van der Waals surface area contributed by atoms with E-state index in [4.69, 9.17) is 11.6 Å². The fourth-order valence-corrected chi connectivity index (χ4v) is 4.19. The van der Waals surface area contributed by atoms with Crippen molar-refractivity contribution in [2.24, 2.45) is 5.92 Å². The van der Waals surface area contributed by atoms with Crippen LogP contribution in [0.2, 0.25) is 5.02 Å². The Hall–Kier alpha value is -3.59. The van der Waals surface area contributed by atoms with Crippen molar-refractivity contribution in [1.29, 1.82) is 0 Å². The Balaban J connectivity index is 1.08. The molecule has 33 heavy (non-hydrogen) atoms. The number of halogens is 1. The Morgan fingerprint density at radius 3 is 2.85 bits per heavy atom. The summed E-state index contributed by atoms with van der Waals surface area (Å²) in [6, 6.07) is 5.26. The molecule has 2 aliphatic carbocycles. The first-order chi connectivity index (χ1) is 16.1. The number of anilines is 2. The zero-order chi connectivity index (χ0) is 22.4. The maximum atomic E-state index is 12.6.